The molecule has 5 rings (SSSR count). The molecule has 0 N–H and O–H groups in total. The van der Waals surface area contributed by atoms with Crippen molar-refractivity contribution >= 4 is 22.3 Å². The van der Waals surface area contributed by atoms with Crippen LogP contribution in [0.15, 0.2) is 133 Å². The van der Waals surface area contributed by atoms with E-state index in [2.05, 4.69) is 147 Å². The minimum Gasteiger partial charge on any atom is -0.383 e. The van der Waals surface area contributed by atoms with E-state index in [0.29, 0.717) is 0 Å². The molecule has 4 aromatic carbocycles. The quantitative estimate of drug-likeness (QED) is 0.317. The summed E-state index contributed by atoms with van der Waals surface area (Å²) in [5, 5.41) is 0. The molecule has 0 spiro atoms. The zero-order valence-electron chi connectivity index (χ0n) is 19.1. The Balaban J connectivity index is 1.94. The molecular weight excluding hydrogens is 398 g/mol. The molecule has 160 valence electrons. The molecule has 0 atom stereocenters. The monoisotopic (exact) mass is 425 g/mol. The third-order valence-electron chi connectivity index (χ3n) is 5.93. The van der Waals surface area contributed by atoms with Gasteiger partial charge in [0, 0.05) is 25.9 Å². The van der Waals surface area contributed by atoms with Crippen LogP contribution in [0.2, 0.25) is 0 Å². The first-order valence-corrected chi connectivity index (χ1v) is 11.3. The molecule has 0 aliphatic heterocycles. The van der Waals surface area contributed by atoms with E-state index >= 15 is 0 Å². The summed E-state index contributed by atoms with van der Waals surface area (Å²) in [6, 6.07) is 43.1. The van der Waals surface area contributed by atoms with Crippen molar-refractivity contribution in [1.82, 2.24) is 4.90 Å². The molecule has 1 heteroatoms. The lowest BCUT2D eigenvalue weighted by atomic mass is 9.89. The minimum atomic E-state index is 1.23. The smallest absolute Gasteiger partial charge is 0.00725 e. The first kappa shape index (κ1) is 20.8. The summed E-state index contributed by atoms with van der Waals surface area (Å²) in [4.78, 5) is 2.15. The van der Waals surface area contributed by atoms with E-state index in [4.69, 9.17) is 0 Å². The summed E-state index contributed by atoms with van der Waals surface area (Å²) in [7, 11) is 4.20. The topological polar surface area (TPSA) is 3.24 Å². The Morgan fingerprint density at radius 3 is 0.939 bits per heavy atom. The van der Waals surface area contributed by atoms with Crippen LogP contribution in [0.3, 0.4) is 0 Å². The van der Waals surface area contributed by atoms with Gasteiger partial charge in [0.05, 0.1) is 0 Å². The Hall–Kier alpha value is -4.10. The normalized spacial score (nSPS) is 13.5. The van der Waals surface area contributed by atoms with Gasteiger partial charge in [0.15, 0.2) is 0 Å². The molecule has 0 saturated carbocycles. The van der Waals surface area contributed by atoms with E-state index in [-0.39, 0.29) is 0 Å². The first-order chi connectivity index (χ1) is 16.2. The van der Waals surface area contributed by atoms with Gasteiger partial charge in [0.2, 0.25) is 0 Å². The van der Waals surface area contributed by atoms with Crippen LogP contribution in [-0.2, 0) is 0 Å². The van der Waals surface area contributed by atoms with Crippen molar-refractivity contribution in [2.75, 3.05) is 14.1 Å². The SMILES string of the molecule is CN(C)C=C1C(c2ccccc2)=C(c2ccccc2)C(c2ccccc2)=C1c1ccccc1. The van der Waals surface area contributed by atoms with E-state index in [0.717, 1.165) is 0 Å². The third kappa shape index (κ3) is 4.06. The summed E-state index contributed by atoms with van der Waals surface area (Å²) in [6.07, 6.45) is 2.27. The maximum Gasteiger partial charge on any atom is 0.00725 e. The van der Waals surface area contributed by atoms with Crippen molar-refractivity contribution in [3.63, 3.8) is 0 Å². The van der Waals surface area contributed by atoms with Gasteiger partial charge < -0.3 is 4.90 Å². The number of allylic oxidation sites excluding steroid dienone is 5. The van der Waals surface area contributed by atoms with Crippen LogP contribution in [-0.4, -0.2) is 19.0 Å². The molecule has 0 amide bonds. The van der Waals surface area contributed by atoms with Gasteiger partial charge in [0.25, 0.3) is 0 Å². The second-order valence-electron chi connectivity index (χ2n) is 8.47. The predicted octanol–water partition coefficient (Wildman–Crippen LogP) is 7.67. The van der Waals surface area contributed by atoms with Crippen LogP contribution in [0.5, 0.6) is 0 Å². The minimum absolute atomic E-state index is 1.23. The van der Waals surface area contributed by atoms with Gasteiger partial charge >= 0.3 is 0 Å². The maximum absolute atomic E-state index is 2.27. The average molecular weight is 426 g/mol. The molecule has 0 bridgehead atoms. The Labute approximate surface area is 196 Å². The lowest BCUT2D eigenvalue weighted by Gasteiger charge is -2.16. The third-order valence-corrected chi connectivity index (χ3v) is 5.93. The number of hydrogen-bond acceptors (Lipinski definition) is 1. The van der Waals surface area contributed by atoms with Crippen molar-refractivity contribution in [3.8, 4) is 0 Å². The van der Waals surface area contributed by atoms with Gasteiger partial charge in [-0.1, -0.05) is 121 Å². The van der Waals surface area contributed by atoms with Crippen molar-refractivity contribution in [2.45, 2.75) is 0 Å². The molecule has 33 heavy (non-hydrogen) atoms. The van der Waals surface area contributed by atoms with Crippen molar-refractivity contribution in [2.24, 2.45) is 0 Å². The van der Waals surface area contributed by atoms with Crippen molar-refractivity contribution in [3.05, 3.63) is 155 Å². The summed E-state index contributed by atoms with van der Waals surface area (Å²) in [5.74, 6) is 0. The largest absolute Gasteiger partial charge is 0.383 e. The molecule has 0 radical (unpaired) electrons. The molecule has 1 aliphatic carbocycles. The first-order valence-electron chi connectivity index (χ1n) is 11.3. The zero-order chi connectivity index (χ0) is 22.6. The van der Waals surface area contributed by atoms with Crippen LogP contribution in [0, 0.1) is 0 Å². The molecule has 4 aromatic rings. The maximum atomic E-state index is 2.27. The van der Waals surface area contributed by atoms with Crippen LogP contribution in [0.25, 0.3) is 22.3 Å². The van der Waals surface area contributed by atoms with Crippen LogP contribution < -0.4 is 0 Å². The van der Waals surface area contributed by atoms with E-state index < -0.39 is 0 Å². The molecule has 0 unspecified atom stereocenters. The van der Waals surface area contributed by atoms with E-state index in [9.17, 15) is 0 Å². The highest BCUT2D eigenvalue weighted by atomic mass is 15.0. The molecule has 0 aromatic heterocycles. The summed E-state index contributed by atoms with van der Waals surface area (Å²) in [5.41, 5.74) is 11.3. The molecule has 0 fully saturated rings. The van der Waals surface area contributed by atoms with Crippen molar-refractivity contribution in [1.29, 1.82) is 0 Å². The Bertz CT molecular complexity index is 1230. The highest BCUT2D eigenvalue weighted by Gasteiger charge is 2.32. The fraction of sp³-hybridized carbons (Fsp3) is 0.0625. The standard InChI is InChI=1S/C32H27N/c1-33(2)23-28-29(24-15-7-3-8-16-24)31(26-19-11-5-12-20-26)32(27-21-13-6-14-22-27)30(28)25-17-9-4-10-18-25/h3-23H,1-2H3. The molecular formula is C32H27N. The van der Waals surface area contributed by atoms with Gasteiger partial charge in [-0.15, -0.1) is 0 Å². The van der Waals surface area contributed by atoms with Crippen molar-refractivity contribution < 1.29 is 0 Å². The second-order valence-corrected chi connectivity index (χ2v) is 8.47. The molecule has 0 heterocycles. The summed E-state index contributed by atoms with van der Waals surface area (Å²) in [6.45, 7) is 0. The van der Waals surface area contributed by atoms with E-state index in [1.54, 1.807) is 0 Å². The fourth-order valence-electron chi connectivity index (χ4n) is 4.63. The number of benzene rings is 4. The molecule has 0 saturated heterocycles. The zero-order valence-corrected chi connectivity index (χ0v) is 19.1. The lowest BCUT2D eigenvalue weighted by Crippen LogP contribution is -2.04. The molecule has 1 aliphatic rings. The fourth-order valence-corrected chi connectivity index (χ4v) is 4.63. The number of hydrogen-bond donors (Lipinski definition) is 0. The Morgan fingerprint density at radius 2 is 0.667 bits per heavy atom. The van der Waals surface area contributed by atoms with Gasteiger partial charge in [-0.3, -0.25) is 0 Å². The average Bonchev–Trinajstić information content (AvgIpc) is 3.20. The molecule has 1 nitrogen and oxygen atoms in total. The lowest BCUT2D eigenvalue weighted by molar-refractivity contribution is 0.562. The van der Waals surface area contributed by atoms with E-state index in [1.807, 2.05) is 0 Å². The Morgan fingerprint density at radius 1 is 0.394 bits per heavy atom. The van der Waals surface area contributed by atoms with Gasteiger partial charge in [-0.2, -0.15) is 0 Å². The summed E-state index contributed by atoms with van der Waals surface area (Å²) >= 11 is 0. The van der Waals surface area contributed by atoms with Gasteiger partial charge in [-0.05, 0) is 44.5 Å². The predicted molar refractivity (Wildman–Crippen MR) is 141 cm³/mol. The van der Waals surface area contributed by atoms with Crippen LogP contribution >= 0.6 is 0 Å². The van der Waals surface area contributed by atoms with Gasteiger partial charge in [-0.25, -0.2) is 0 Å². The highest BCUT2D eigenvalue weighted by molar-refractivity contribution is 6.34. The van der Waals surface area contributed by atoms with Crippen LogP contribution in [0.1, 0.15) is 22.3 Å². The van der Waals surface area contributed by atoms with E-state index in [1.165, 1.54) is 50.1 Å². The summed E-state index contributed by atoms with van der Waals surface area (Å²) < 4.78 is 0. The van der Waals surface area contributed by atoms with Gasteiger partial charge in [0.1, 0.15) is 0 Å². The Kier molecular flexibility index (Phi) is 5.78. The highest BCUT2D eigenvalue weighted by Crippen LogP contribution is 2.54. The number of nitrogens with zero attached hydrogens (tertiary/aromatic N) is 1. The number of rotatable bonds is 5. The van der Waals surface area contributed by atoms with Crippen LogP contribution in [0.4, 0.5) is 0 Å². The second kappa shape index (κ2) is 9.18.